The minimum absolute atomic E-state index is 0.0949. The van der Waals surface area contributed by atoms with E-state index in [4.69, 9.17) is 16.6 Å². The van der Waals surface area contributed by atoms with E-state index in [1.54, 1.807) is 0 Å². The Balaban J connectivity index is 3.31. The first kappa shape index (κ1) is 15.2. The molecular formula is C14H24ClN3. The molecule has 3 nitrogen and oxygen atoms in total. The molecule has 1 atom stereocenters. The van der Waals surface area contributed by atoms with Crippen molar-refractivity contribution < 1.29 is 0 Å². The van der Waals surface area contributed by atoms with Crippen molar-refractivity contribution in [2.24, 2.45) is 0 Å². The van der Waals surface area contributed by atoms with E-state index >= 15 is 0 Å². The van der Waals surface area contributed by atoms with Gasteiger partial charge in [0.15, 0.2) is 0 Å². The van der Waals surface area contributed by atoms with Crippen LogP contribution in [-0.2, 0) is 5.41 Å². The van der Waals surface area contributed by atoms with Crippen LogP contribution in [0.4, 0.5) is 5.82 Å². The largest absolute Gasteiger partial charge is 0.357 e. The number of anilines is 1. The molecule has 0 amide bonds. The number of hydrogen-bond acceptors (Lipinski definition) is 3. The van der Waals surface area contributed by atoms with E-state index in [-0.39, 0.29) is 5.41 Å². The van der Waals surface area contributed by atoms with Gasteiger partial charge in [0.05, 0.1) is 0 Å². The van der Waals surface area contributed by atoms with Gasteiger partial charge in [-0.3, -0.25) is 0 Å². The third kappa shape index (κ3) is 3.14. The van der Waals surface area contributed by atoms with Gasteiger partial charge >= 0.3 is 0 Å². The zero-order chi connectivity index (χ0) is 14.1. The second-order valence-electron chi connectivity index (χ2n) is 5.90. The Bertz CT molecular complexity index is 424. The standard InChI is InChI=1S/C14H24ClN3/c1-8-9(2)18(7)12-10(3)11(15)16-13(17-12)14(4,5)6/h9H,8H2,1-7H3. The molecule has 4 heteroatoms. The summed E-state index contributed by atoms with van der Waals surface area (Å²) >= 11 is 6.24. The predicted octanol–water partition coefficient (Wildman–Crippen LogP) is 3.97. The van der Waals surface area contributed by atoms with Crippen LogP contribution in [0.25, 0.3) is 0 Å². The molecular weight excluding hydrogens is 246 g/mol. The summed E-state index contributed by atoms with van der Waals surface area (Å²) in [6.45, 7) is 12.6. The van der Waals surface area contributed by atoms with E-state index < -0.39 is 0 Å². The molecule has 0 aliphatic rings. The fraction of sp³-hybridized carbons (Fsp3) is 0.714. The second-order valence-corrected chi connectivity index (χ2v) is 6.26. The van der Waals surface area contributed by atoms with Crippen molar-refractivity contribution in [3.8, 4) is 0 Å². The van der Waals surface area contributed by atoms with Crippen LogP contribution in [0.5, 0.6) is 0 Å². The Morgan fingerprint density at radius 3 is 2.28 bits per heavy atom. The molecule has 1 heterocycles. The van der Waals surface area contributed by atoms with Crippen LogP contribution in [0.15, 0.2) is 0 Å². The van der Waals surface area contributed by atoms with Gasteiger partial charge in [0, 0.05) is 24.1 Å². The summed E-state index contributed by atoms with van der Waals surface area (Å²) < 4.78 is 0. The molecule has 0 aliphatic carbocycles. The van der Waals surface area contributed by atoms with Crippen LogP contribution in [-0.4, -0.2) is 23.1 Å². The van der Waals surface area contributed by atoms with Crippen molar-refractivity contribution in [2.75, 3.05) is 11.9 Å². The van der Waals surface area contributed by atoms with Crippen molar-refractivity contribution in [2.45, 2.75) is 59.4 Å². The van der Waals surface area contributed by atoms with Gasteiger partial charge in [-0.25, -0.2) is 9.97 Å². The van der Waals surface area contributed by atoms with Gasteiger partial charge in [-0.05, 0) is 20.3 Å². The van der Waals surface area contributed by atoms with E-state index in [9.17, 15) is 0 Å². The molecule has 0 spiro atoms. The van der Waals surface area contributed by atoms with E-state index in [1.165, 1.54) is 0 Å². The van der Waals surface area contributed by atoms with E-state index in [1.807, 2.05) is 6.92 Å². The summed E-state index contributed by atoms with van der Waals surface area (Å²) in [4.78, 5) is 11.3. The molecule has 0 bridgehead atoms. The zero-order valence-corrected chi connectivity index (χ0v) is 13.3. The number of aromatic nitrogens is 2. The van der Waals surface area contributed by atoms with E-state index in [0.29, 0.717) is 11.2 Å². The third-order valence-corrected chi connectivity index (χ3v) is 3.69. The maximum absolute atomic E-state index is 6.24. The fourth-order valence-electron chi connectivity index (χ4n) is 1.64. The number of rotatable bonds is 3. The number of halogens is 1. The predicted molar refractivity (Wildman–Crippen MR) is 78.6 cm³/mol. The van der Waals surface area contributed by atoms with Gasteiger partial charge in [-0.15, -0.1) is 0 Å². The number of hydrogen-bond donors (Lipinski definition) is 0. The average molecular weight is 270 g/mol. The van der Waals surface area contributed by atoms with E-state index in [0.717, 1.165) is 23.6 Å². The Morgan fingerprint density at radius 1 is 1.28 bits per heavy atom. The highest BCUT2D eigenvalue weighted by Crippen LogP contribution is 2.28. The van der Waals surface area contributed by atoms with Gasteiger partial charge in [0.2, 0.25) is 0 Å². The van der Waals surface area contributed by atoms with Crippen LogP contribution in [0.2, 0.25) is 5.15 Å². The lowest BCUT2D eigenvalue weighted by Gasteiger charge is -2.28. The maximum Gasteiger partial charge on any atom is 0.137 e. The molecule has 1 unspecified atom stereocenters. The highest BCUT2D eigenvalue weighted by atomic mass is 35.5. The van der Waals surface area contributed by atoms with Gasteiger partial charge in [-0.1, -0.05) is 39.3 Å². The minimum Gasteiger partial charge on any atom is -0.357 e. The molecule has 1 aromatic rings. The molecule has 18 heavy (non-hydrogen) atoms. The minimum atomic E-state index is -0.0949. The van der Waals surface area contributed by atoms with Gasteiger partial charge in [0.25, 0.3) is 0 Å². The Hall–Kier alpha value is -0.830. The first-order valence-electron chi connectivity index (χ1n) is 6.46. The maximum atomic E-state index is 6.24. The molecule has 0 radical (unpaired) electrons. The first-order valence-corrected chi connectivity index (χ1v) is 6.83. The Labute approximate surface area is 116 Å². The van der Waals surface area contributed by atoms with Crippen molar-refractivity contribution in [1.29, 1.82) is 0 Å². The summed E-state index contributed by atoms with van der Waals surface area (Å²) in [5.41, 5.74) is 0.856. The second kappa shape index (κ2) is 5.43. The molecule has 0 saturated carbocycles. The van der Waals surface area contributed by atoms with Crippen LogP contribution in [0, 0.1) is 6.92 Å². The molecule has 1 aromatic heterocycles. The Kier molecular flexibility index (Phi) is 4.60. The lowest BCUT2D eigenvalue weighted by atomic mass is 9.95. The lowest BCUT2D eigenvalue weighted by molar-refractivity contribution is 0.541. The van der Waals surface area contributed by atoms with Crippen LogP contribution < -0.4 is 4.90 Å². The van der Waals surface area contributed by atoms with Crippen molar-refractivity contribution in [1.82, 2.24) is 9.97 Å². The SMILES string of the molecule is CCC(C)N(C)c1nc(C(C)(C)C)nc(Cl)c1C. The summed E-state index contributed by atoms with van der Waals surface area (Å²) in [7, 11) is 2.06. The van der Waals surface area contributed by atoms with Gasteiger partial charge < -0.3 is 4.90 Å². The van der Waals surface area contributed by atoms with Crippen molar-refractivity contribution >= 4 is 17.4 Å². The van der Waals surface area contributed by atoms with Crippen LogP contribution >= 0.6 is 11.6 Å². The first-order chi connectivity index (χ1) is 8.18. The monoisotopic (exact) mass is 269 g/mol. The summed E-state index contributed by atoms with van der Waals surface area (Å²) in [5, 5.41) is 0.556. The van der Waals surface area contributed by atoms with Gasteiger partial charge in [0.1, 0.15) is 16.8 Å². The van der Waals surface area contributed by atoms with E-state index in [2.05, 4.69) is 51.6 Å². The van der Waals surface area contributed by atoms with Crippen molar-refractivity contribution in [3.05, 3.63) is 16.5 Å². The molecule has 1 rings (SSSR count). The zero-order valence-electron chi connectivity index (χ0n) is 12.5. The highest BCUT2D eigenvalue weighted by molar-refractivity contribution is 6.30. The van der Waals surface area contributed by atoms with Gasteiger partial charge in [-0.2, -0.15) is 0 Å². The molecule has 0 aliphatic heterocycles. The number of nitrogens with zero attached hydrogens (tertiary/aromatic N) is 3. The summed E-state index contributed by atoms with van der Waals surface area (Å²) in [5.74, 6) is 1.73. The molecule has 0 saturated heterocycles. The van der Waals surface area contributed by atoms with Crippen molar-refractivity contribution in [3.63, 3.8) is 0 Å². The summed E-state index contributed by atoms with van der Waals surface area (Å²) in [6, 6.07) is 0.433. The topological polar surface area (TPSA) is 29.0 Å². The van der Waals surface area contributed by atoms with Crippen LogP contribution in [0.1, 0.15) is 52.4 Å². The lowest BCUT2D eigenvalue weighted by Crippen LogP contribution is -2.31. The molecule has 0 fully saturated rings. The molecule has 102 valence electrons. The molecule has 0 N–H and O–H groups in total. The molecule has 0 aromatic carbocycles. The smallest absolute Gasteiger partial charge is 0.137 e. The Morgan fingerprint density at radius 2 is 1.83 bits per heavy atom. The normalized spacial score (nSPS) is 13.6. The highest BCUT2D eigenvalue weighted by Gasteiger charge is 2.22. The summed E-state index contributed by atoms with van der Waals surface area (Å²) in [6.07, 6.45) is 1.07. The fourth-order valence-corrected chi connectivity index (χ4v) is 1.80. The van der Waals surface area contributed by atoms with Crippen LogP contribution in [0.3, 0.4) is 0 Å². The average Bonchev–Trinajstić information content (AvgIpc) is 2.29. The third-order valence-electron chi connectivity index (χ3n) is 3.32. The quantitative estimate of drug-likeness (QED) is 0.778.